The smallest absolute Gasteiger partial charge is 0.410 e. The van der Waals surface area contributed by atoms with Gasteiger partial charge in [0.05, 0.1) is 0 Å². The van der Waals surface area contributed by atoms with E-state index in [4.69, 9.17) is 14.6 Å². The lowest BCUT2D eigenvalue weighted by atomic mass is 9.82. The van der Waals surface area contributed by atoms with Gasteiger partial charge in [0.25, 0.3) is 0 Å². The highest BCUT2D eigenvalue weighted by Gasteiger charge is 2.40. The molecule has 3 heterocycles. The van der Waals surface area contributed by atoms with Gasteiger partial charge in [-0.1, -0.05) is 36.4 Å². The van der Waals surface area contributed by atoms with Crippen molar-refractivity contribution in [2.24, 2.45) is 0 Å². The molecule has 1 saturated heterocycles. The van der Waals surface area contributed by atoms with Crippen molar-refractivity contribution in [3.05, 3.63) is 65.7 Å². The van der Waals surface area contributed by atoms with Gasteiger partial charge in [0.1, 0.15) is 17.0 Å². The number of carbonyl (C=O) groups is 2. The lowest BCUT2D eigenvalue weighted by molar-refractivity contribution is -0.138. The van der Waals surface area contributed by atoms with Gasteiger partial charge < -0.3 is 19.5 Å². The molecule has 2 aromatic carbocycles. The fraction of sp³-hybridized carbons (Fsp3) is 0.370. The molecule has 1 amide bonds. The minimum Gasteiger partial charge on any atom is -0.482 e. The Bertz CT molecular complexity index is 1370. The molecular formula is C27H29N5O5. The maximum atomic E-state index is 12.6. The SMILES string of the molecule is CC(C)(C)OC(=O)N1CCC2(C=C(c3cccc(-c4nnn(CC(=O)O)n4)c3)c3ccccc3O2)CC1. The molecule has 0 aliphatic carbocycles. The van der Waals surface area contributed by atoms with E-state index in [2.05, 4.69) is 21.5 Å². The molecular weight excluding hydrogens is 474 g/mol. The fourth-order valence-electron chi connectivity index (χ4n) is 4.62. The molecule has 2 aliphatic heterocycles. The van der Waals surface area contributed by atoms with E-state index in [-0.39, 0.29) is 12.6 Å². The Morgan fingerprint density at radius 1 is 1.08 bits per heavy atom. The van der Waals surface area contributed by atoms with Crippen LogP contribution in [0, 0.1) is 0 Å². The Morgan fingerprint density at radius 2 is 1.81 bits per heavy atom. The van der Waals surface area contributed by atoms with Crippen molar-refractivity contribution in [3.63, 3.8) is 0 Å². The number of hydrogen-bond acceptors (Lipinski definition) is 7. The monoisotopic (exact) mass is 503 g/mol. The Kier molecular flexibility index (Phi) is 6.18. The van der Waals surface area contributed by atoms with Crippen LogP contribution in [0.3, 0.4) is 0 Å². The third kappa shape index (κ3) is 5.32. The summed E-state index contributed by atoms with van der Waals surface area (Å²) in [6.45, 7) is 6.29. The van der Waals surface area contributed by atoms with Crippen LogP contribution < -0.4 is 4.74 Å². The van der Waals surface area contributed by atoms with E-state index in [0.717, 1.165) is 32.8 Å². The number of piperidine rings is 1. The zero-order valence-corrected chi connectivity index (χ0v) is 21.0. The number of tetrazole rings is 1. The predicted octanol–water partition coefficient (Wildman–Crippen LogP) is 4.02. The van der Waals surface area contributed by atoms with Crippen LogP contribution >= 0.6 is 0 Å². The molecule has 1 N–H and O–H groups in total. The van der Waals surface area contributed by atoms with E-state index in [1.165, 1.54) is 0 Å². The summed E-state index contributed by atoms with van der Waals surface area (Å²) in [5.74, 6) is 0.107. The minimum atomic E-state index is -1.04. The van der Waals surface area contributed by atoms with Gasteiger partial charge in [-0.3, -0.25) is 4.79 Å². The lowest BCUT2D eigenvalue weighted by Crippen LogP contribution is -2.50. The molecule has 1 fully saturated rings. The molecule has 0 atom stereocenters. The second-order valence-corrected chi connectivity index (χ2v) is 10.3. The van der Waals surface area contributed by atoms with Crippen LogP contribution in [0.15, 0.2) is 54.6 Å². The lowest BCUT2D eigenvalue weighted by Gasteiger charge is -2.43. The van der Waals surface area contributed by atoms with Gasteiger partial charge >= 0.3 is 12.1 Å². The summed E-state index contributed by atoms with van der Waals surface area (Å²) in [6.07, 6.45) is 3.12. The summed E-state index contributed by atoms with van der Waals surface area (Å²) in [6, 6.07) is 15.7. The number of rotatable bonds is 4. The molecule has 10 heteroatoms. The van der Waals surface area contributed by atoms with Crippen LogP contribution in [-0.2, 0) is 16.1 Å². The first-order chi connectivity index (χ1) is 17.6. The second-order valence-electron chi connectivity index (χ2n) is 10.3. The number of amides is 1. The van der Waals surface area contributed by atoms with E-state index in [0.29, 0.717) is 31.8 Å². The van der Waals surface area contributed by atoms with Crippen LogP contribution in [0.25, 0.3) is 17.0 Å². The molecule has 5 rings (SSSR count). The summed E-state index contributed by atoms with van der Waals surface area (Å²) in [4.78, 5) is 26.4. The van der Waals surface area contributed by atoms with Crippen molar-refractivity contribution < 1.29 is 24.2 Å². The van der Waals surface area contributed by atoms with Crippen molar-refractivity contribution in [2.75, 3.05) is 13.1 Å². The van der Waals surface area contributed by atoms with Crippen LogP contribution in [0.5, 0.6) is 5.75 Å². The molecule has 1 aromatic heterocycles. The zero-order valence-electron chi connectivity index (χ0n) is 21.0. The third-order valence-electron chi connectivity index (χ3n) is 6.32. The number of hydrogen-bond donors (Lipinski definition) is 1. The number of aromatic nitrogens is 4. The number of para-hydroxylation sites is 1. The fourth-order valence-corrected chi connectivity index (χ4v) is 4.62. The first-order valence-electron chi connectivity index (χ1n) is 12.2. The number of likely N-dealkylation sites (tertiary alicyclic amines) is 1. The quantitative estimate of drug-likeness (QED) is 0.567. The molecule has 2 aliphatic rings. The average molecular weight is 504 g/mol. The Balaban J connectivity index is 1.44. The molecule has 37 heavy (non-hydrogen) atoms. The number of fused-ring (bicyclic) bond motifs is 1. The minimum absolute atomic E-state index is 0.307. The summed E-state index contributed by atoms with van der Waals surface area (Å²) >= 11 is 0. The molecule has 3 aromatic rings. The highest BCUT2D eigenvalue weighted by molar-refractivity contribution is 5.86. The molecule has 0 bridgehead atoms. The van der Waals surface area contributed by atoms with Gasteiger partial charge in [0.15, 0.2) is 6.54 Å². The predicted molar refractivity (Wildman–Crippen MR) is 135 cm³/mol. The van der Waals surface area contributed by atoms with Gasteiger partial charge in [-0.15, -0.1) is 10.2 Å². The van der Waals surface area contributed by atoms with E-state index < -0.39 is 17.2 Å². The van der Waals surface area contributed by atoms with Crippen molar-refractivity contribution in [2.45, 2.75) is 51.4 Å². The molecule has 10 nitrogen and oxygen atoms in total. The second kappa shape index (κ2) is 9.34. The van der Waals surface area contributed by atoms with Crippen LogP contribution in [0.4, 0.5) is 4.79 Å². The van der Waals surface area contributed by atoms with Crippen LogP contribution in [-0.4, -0.2) is 66.6 Å². The third-order valence-corrected chi connectivity index (χ3v) is 6.32. The number of carbonyl (C=O) groups excluding carboxylic acids is 1. The summed E-state index contributed by atoms with van der Waals surface area (Å²) < 4.78 is 12.1. The topological polar surface area (TPSA) is 120 Å². The van der Waals surface area contributed by atoms with Crippen LogP contribution in [0.2, 0.25) is 0 Å². The molecule has 0 saturated carbocycles. The van der Waals surface area contributed by atoms with Gasteiger partial charge in [0, 0.05) is 37.1 Å². The molecule has 1 spiro atoms. The first-order valence-corrected chi connectivity index (χ1v) is 12.2. The number of carboxylic acid groups (broad SMARTS) is 1. The summed E-state index contributed by atoms with van der Waals surface area (Å²) in [5, 5.41) is 21.1. The maximum Gasteiger partial charge on any atom is 0.410 e. The van der Waals surface area contributed by atoms with Crippen molar-refractivity contribution in [1.29, 1.82) is 0 Å². The average Bonchev–Trinajstić information content (AvgIpc) is 3.31. The molecule has 192 valence electrons. The number of carboxylic acids is 1. The number of benzene rings is 2. The van der Waals surface area contributed by atoms with E-state index in [9.17, 15) is 9.59 Å². The Morgan fingerprint density at radius 3 is 2.54 bits per heavy atom. The van der Waals surface area contributed by atoms with Gasteiger partial charge in [-0.05, 0) is 55.3 Å². The highest BCUT2D eigenvalue weighted by Crippen LogP contribution is 2.43. The first kappa shape index (κ1) is 24.5. The Hall–Kier alpha value is -4.21. The number of nitrogens with zero attached hydrogens (tertiary/aromatic N) is 5. The van der Waals surface area contributed by atoms with E-state index in [1.54, 1.807) is 4.90 Å². The zero-order chi connectivity index (χ0) is 26.2. The molecule has 0 radical (unpaired) electrons. The van der Waals surface area contributed by atoms with Crippen molar-refractivity contribution in [1.82, 2.24) is 25.1 Å². The van der Waals surface area contributed by atoms with E-state index >= 15 is 0 Å². The summed E-state index contributed by atoms with van der Waals surface area (Å²) in [7, 11) is 0. The van der Waals surface area contributed by atoms with Gasteiger partial charge in [0.2, 0.25) is 5.82 Å². The number of ether oxygens (including phenoxy) is 2. The van der Waals surface area contributed by atoms with Gasteiger partial charge in [-0.25, -0.2) is 4.79 Å². The van der Waals surface area contributed by atoms with Crippen molar-refractivity contribution in [3.8, 4) is 17.1 Å². The maximum absolute atomic E-state index is 12.6. The normalized spacial score (nSPS) is 16.5. The largest absolute Gasteiger partial charge is 0.482 e. The van der Waals surface area contributed by atoms with Crippen LogP contribution in [0.1, 0.15) is 44.7 Å². The number of aliphatic carboxylic acids is 1. The van der Waals surface area contributed by atoms with Gasteiger partial charge in [-0.2, -0.15) is 4.80 Å². The summed E-state index contributed by atoms with van der Waals surface area (Å²) in [5.41, 5.74) is 2.58. The Labute approximate surface area is 214 Å². The molecule has 0 unspecified atom stereocenters. The van der Waals surface area contributed by atoms with Crippen molar-refractivity contribution >= 4 is 17.6 Å². The van der Waals surface area contributed by atoms with E-state index in [1.807, 2.05) is 69.3 Å². The standard InChI is InChI=1S/C27H29N5O5/c1-26(2,3)37-25(35)31-13-11-27(12-14-31)16-21(20-9-4-5-10-22(20)36-27)18-7-6-8-19(15-18)24-28-30-32(29-24)17-23(33)34/h4-10,15-16H,11-14,17H2,1-3H3,(H,33,34). The highest BCUT2D eigenvalue weighted by atomic mass is 16.6.